The van der Waals surface area contributed by atoms with Crippen molar-refractivity contribution in [3.8, 4) is 5.75 Å². The molecule has 19 heavy (non-hydrogen) atoms. The number of likely N-dealkylation sites (tertiary alicyclic amines) is 1. The zero-order valence-electron chi connectivity index (χ0n) is 12.2. The zero-order valence-corrected chi connectivity index (χ0v) is 12.2. The van der Waals surface area contributed by atoms with Crippen molar-refractivity contribution in [1.29, 1.82) is 0 Å². The van der Waals surface area contributed by atoms with E-state index >= 15 is 0 Å². The second kappa shape index (κ2) is 6.92. The molecule has 0 bridgehead atoms. The van der Waals surface area contributed by atoms with Gasteiger partial charge in [0.05, 0.1) is 7.11 Å². The van der Waals surface area contributed by atoms with Crippen LogP contribution < -0.4 is 10.5 Å². The molecule has 3 nitrogen and oxygen atoms in total. The summed E-state index contributed by atoms with van der Waals surface area (Å²) in [7, 11) is 1.77. The number of aryl methyl sites for hydroxylation is 1. The van der Waals surface area contributed by atoms with E-state index in [1.807, 2.05) is 0 Å². The van der Waals surface area contributed by atoms with Crippen molar-refractivity contribution in [3.63, 3.8) is 0 Å². The van der Waals surface area contributed by atoms with Crippen molar-refractivity contribution in [2.75, 3.05) is 33.3 Å². The van der Waals surface area contributed by atoms with Crippen LogP contribution in [0.3, 0.4) is 0 Å². The summed E-state index contributed by atoms with van der Waals surface area (Å²) in [5, 5.41) is 0. The van der Waals surface area contributed by atoms with Crippen LogP contribution in [0.4, 0.5) is 0 Å². The molecule has 1 aliphatic rings. The molecule has 0 spiro atoms. The van der Waals surface area contributed by atoms with Crippen LogP contribution in [0, 0.1) is 0 Å². The lowest BCUT2D eigenvalue weighted by Gasteiger charge is -2.32. The maximum Gasteiger partial charge on any atom is 0.122 e. The van der Waals surface area contributed by atoms with Gasteiger partial charge in [0.2, 0.25) is 0 Å². The molecule has 0 atom stereocenters. The Kier molecular flexibility index (Phi) is 5.23. The van der Waals surface area contributed by atoms with Crippen molar-refractivity contribution in [2.45, 2.75) is 32.1 Å². The monoisotopic (exact) mass is 262 g/mol. The predicted molar refractivity (Wildman–Crippen MR) is 79.8 cm³/mol. The third kappa shape index (κ3) is 3.48. The van der Waals surface area contributed by atoms with Crippen LogP contribution in [0.1, 0.15) is 36.8 Å². The van der Waals surface area contributed by atoms with Crippen LogP contribution in [0.5, 0.6) is 5.75 Å². The molecular formula is C16H26N2O. The van der Waals surface area contributed by atoms with Crippen molar-refractivity contribution in [3.05, 3.63) is 29.3 Å². The fourth-order valence-corrected chi connectivity index (χ4v) is 2.97. The third-order valence-electron chi connectivity index (χ3n) is 4.18. The summed E-state index contributed by atoms with van der Waals surface area (Å²) in [6.45, 7) is 6.30. The van der Waals surface area contributed by atoms with Crippen LogP contribution in [0.2, 0.25) is 0 Å². The minimum absolute atomic E-state index is 0.635. The van der Waals surface area contributed by atoms with Crippen LogP contribution in [0.25, 0.3) is 0 Å². The van der Waals surface area contributed by atoms with E-state index in [0.717, 1.165) is 38.3 Å². The van der Waals surface area contributed by atoms with E-state index in [-0.39, 0.29) is 0 Å². The molecule has 0 unspecified atom stereocenters. The number of nitrogens with two attached hydrogens (primary N) is 1. The molecule has 1 heterocycles. The van der Waals surface area contributed by atoms with Crippen LogP contribution in [0.15, 0.2) is 18.2 Å². The summed E-state index contributed by atoms with van der Waals surface area (Å²) < 4.78 is 5.54. The Balaban J connectivity index is 2.09. The SMILES string of the molecule is CCc1ccc(OC)c(C2CCN(CCN)CC2)c1. The molecule has 1 saturated heterocycles. The van der Waals surface area contributed by atoms with Gasteiger partial charge in [0, 0.05) is 13.1 Å². The van der Waals surface area contributed by atoms with Gasteiger partial charge in [-0.2, -0.15) is 0 Å². The van der Waals surface area contributed by atoms with Crippen molar-refractivity contribution in [2.24, 2.45) is 5.73 Å². The van der Waals surface area contributed by atoms with Crippen molar-refractivity contribution >= 4 is 0 Å². The Morgan fingerprint density at radius 3 is 2.63 bits per heavy atom. The van der Waals surface area contributed by atoms with Gasteiger partial charge in [-0.15, -0.1) is 0 Å². The summed E-state index contributed by atoms with van der Waals surface area (Å²) >= 11 is 0. The second-order valence-electron chi connectivity index (χ2n) is 5.33. The zero-order chi connectivity index (χ0) is 13.7. The average Bonchev–Trinajstić information content (AvgIpc) is 2.47. The highest BCUT2D eigenvalue weighted by Gasteiger charge is 2.22. The van der Waals surface area contributed by atoms with E-state index < -0.39 is 0 Å². The second-order valence-corrected chi connectivity index (χ2v) is 5.33. The Labute approximate surface area is 116 Å². The van der Waals surface area contributed by atoms with Gasteiger partial charge in [-0.3, -0.25) is 0 Å². The van der Waals surface area contributed by atoms with Gasteiger partial charge in [0.25, 0.3) is 0 Å². The number of benzene rings is 1. The Morgan fingerprint density at radius 2 is 2.05 bits per heavy atom. The predicted octanol–water partition coefficient (Wildman–Crippen LogP) is 2.40. The molecule has 0 amide bonds. The molecular weight excluding hydrogens is 236 g/mol. The minimum atomic E-state index is 0.635. The highest BCUT2D eigenvalue weighted by Crippen LogP contribution is 2.34. The third-order valence-corrected chi connectivity index (χ3v) is 4.18. The lowest BCUT2D eigenvalue weighted by atomic mass is 9.87. The summed E-state index contributed by atoms with van der Waals surface area (Å²) in [5.74, 6) is 1.69. The fraction of sp³-hybridized carbons (Fsp3) is 0.625. The van der Waals surface area contributed by atoms with Crippen molar-refractivity contribution < 1.29 is 4.74 Å². The number of hydrogen-bond acceptors (Lipinski definition) is 3. The molecule has 1 fully saturated rings. The standard InChI is InChI=1S/C16H26N2O/c1-3-13-4-5-16(19-2)15(12-13)14-6-9-18(10-7-14)11-8-17/h4-5,12,14H,3,6-11,17H2,1-2H3. The van der Waals surface area contributed by atoms with Gasteiger partial charge in [-0.25, -0.2) is 0 Å². The molecule has 0 saturated carbocycles. The number of rotatable bonds is 5. The minimum Gasteiger partial charge on any atom is -0.496 e. The molecule has 0 aliphatic carbocycles. The highest BCUT2D eigenvalue weighted by molar-refractivity contribution is 5.40. The van der Waals surface area contributed by atoms with Gasteiger partial charge in [-0.1, -0.05) is 19.1 Å². The first-order chi connectivity index (χ1) is 9.28. The van der Waals surface area contributed by atoms with E-state index in [2.05, 4.69) is 30.0 Å². The summed E-state index contributed by atoms with van der Waals surface area (Å²) in [6.07, 6.45) is 3.51. The van der Waals surface area contributed by atoms with Gasteiger partial charge < -0.3 is 15.4 Å². The highest BCUT2D eigenvalue weighted by atomic mass is 16.5. The molecule has 1 aliphatic heterocycles. The van der Waals surface area contributed by atoms with Gasteiger partial charge in [0.1, 0.15) is 5.75 Å². The Morgan fingerprint density at radius 1 is 1.32 bits per heavy atom. The average molecular weight is 262 g/mol. The topological polar surface area (TPSA) is 38.5 Å². The van der Waals surface area contributed by atoms with Gasteiger partial charge >= 0.3 is 0 Å². The maximum absolute atomic E-state index is 5.63. The normalized spacial score (nSPS) is 17.6. The molecule has 2 rings (SSSR count). The Hall–Kier alpha value is -1.06. The Bertz CT molecular complexity index is 398. The summed E-state index contributed by atoms with van der Waals surface area (Å²) in [5.41, 5.74) is 8.43. The first-order valence-electron chi connectivity index (χ1n) is 7.37. The smallest absolute Gasteiger partial charge is 0.122 e. The fourth-order valence-electron chi connectivity index (χ4n) is 2.97. The van der Waals surface area contributed by atoms with Crippen LogP contribution in [-0.2, 0) is 6.42 Å². The van der Waals surface area contributed by atoms with Crippen LogP contribution in [-0.4, -0.2) is 38.2 Å². The molecule has 106 valence electrons. The first-order valence-corrected chi connectivity index (χ1v) is 7.37. The van der Waals surface area contributed by atoms with E-state index in [1.54, 1.807) is 7.11 Å². The lowest BCUT2D eigenvalue weighted by Crippen LogP contribution is -2.36. The molecule has 2 N–H and O–H groups in total. The molecule has 1 aromatic rings. The molecule has 1 aromatic carbocycles. The van der Waals surface area contributed by atoms with Gasteiger partial charge in [-0.05, 0) is 55.5 Å². The maximum atomic E-state index is 5.63. The molecule has 0 radical (unpaired) electrons. The summed E-state index contributed by atoms with van der Waals surface area (Å²) in [4.78, 5) is 2.46. The molecule has 3 heteroatoms. The number of piperidine rings is 1. The number of methoxy groups -OCH3 is 1. The first kappa shape index (κ1) is 14.4. The molecule has 0 aromatic heterocycles. The van der Waals surface area contributed by atoms with E-state index in [9.17, 15) is 0 Å². The largest absolute Gasteiger partial charge is 0.496 e. The number of ether oxygens (including phenoxy) is 1. The lowest BCUT2D eigenvalue weighted by molar-refractivity contribution is 0.216. The van der Waals surface area contributed by atoms with Crippen molar-refractivity contribution in [1.82, 2.24) is 4.90 Å². The quantitative estimate of drug-likeness (QED) is 0.885. The summed E-state index contributed by atoms with van der Waals surface area (Å²) in [6, 6.07) is 6.63. The number of nitrogens with zero attached hydrogens (tertiary/aromatic N) is 1. The van der Waals surface area contributed by atoms with Gasteiger partial charge in [0.15, 0.2) is 0 Å². The van der Waals surface area contributed by atoms with E-state index in [1.165, 1.54) is 24.0 Å². The van der Waals surface area contributed by atoms with E-state index in [0.29, 0.717) is 5.92 Å². The van der Waals surface area contributed by atoms with Crippen LogP contribution >= 0.6 is 0 Å². The number of hydrogen-bond donors (Lipinski definition) is 1. The van der Waals surface area contributed by atoms with E-state index in [4.69, 9.17) is 10.5 Å².